The van der Waals surface area contributed by atoms with Crippen LogP contribution in [-0.2, 0) is 11.3 Å². The Morgan fingerprint density at radius 2 is 2.00 bits per heavy atom. The van der Waals surface area contributed by atoms with Gasteiger partial charge in [-0.15, -0.1) is 0 Å². The average molecular weight is 358 g/mol. The molecule has 0 bridgehead atoms. The number of nitrogens with zero attached hydrogens (tertiary/aromatic N) is 3. The Morgan fingerprint density at radius 3 is 2.69 bits per heavy atom. The van der Waals surface area contributed by atoms with E-state index in [2.05, 4.69) is 15.3 Å². The number of aliphatic hydroxyl groups is 2. The average Bonchev–Trinajstić information content (AvgIpc) is 3.18. The van der Waals surface area contributed by atoms with Gasteiger partial charge in [0.25, 0.3) is 0 Å². The summed E-state index contributed by atoms with van der Waals surface area (Å²) in [5.74, 6) is 1.03. The summed E-state index contributed by atoms with van der Waals surface area (Å²) in [6.45, 7) is 4.55. The van der Waals surface area contributed by atoms with Gasteiger partial charge in [-0.1, -0.05) is 29.8 Å². The number of aliphatic hydroxyl groups excluding tert-OH is 2. The number of benzene rings is 1. The number of anilines is 2. The fourth-order valence-corrected chi connectivity index (χ4v) is 3.21. The maximum Gasteiger partial charge on any atom is 0.243 e. The van der Waals surface area contributed by atoms with Crippen LogP contribution in [0.5, 0.6) is 5.88 Å². The number of ether oxygens (including phenoxy) is 2. The third-order valence-electron chi connectivity index (χ3n) is 4.77. The molecule has 0 saturated carbocycles. The minimum Gasteiger partial charge on any atom is -0.471 e. The Balaban J connectivity index is 1.52. The van der Waals surface area contributed by atoms with Crippen LogP contribution >= 0.6 is 0 Å². The fourth-order valence-electron chi connectivity index (χ4n) is 3.21. The highest BCUT2D eigenvalue weighted by atomic mass is 16.6. The Labute approximate surface area is 151 Å². The maximum atomic E-state index is 10.2. The van der Waals surface area contributed by atoms with E-state index < -0.39 is 24.5 Å². The monoisotopic (exact) mass is 358 g/mol. The predicted octanol–water partition coefficient (Wildman–Crippen LogP) is 1.02. The molecule has 1 aromatic heterocycles. The summed E-state index contributed by atoms with van der Waals surface area (Å²) < 4.78 is 11.6. The molecule has 8 heteroatoms. The predicted molar refractivity (Wildman–Crippen MR) is 94.9 cm³/mol. The molecular weight excluding hydrogens is 336 g/mol. The second-order valence-corrected chi connectivity index (χ2v) is 6.67. The number of hydrogen-bond donors (Lipinski definition) is 3. The van der Waals surface area contributed by atoms with Gasteiger partial charge < -0.3 is 29.9 Å². The van der Waals surface area contributed by atoms with Crippen molar-refractivity contribution in [2.45, 2.75) is 45.0 Å². The van der Waals surface area contributed by atoms with Crippen molar-refractivity contribution < 1.29 is 19.7 Å². The van der Waals surface area contributed by atoms with E-state index in [-0.39, 0.29) is 0 Å². The lowest BCUT2D eigenvalue weighted by Crippen LogP contribution is -2.44. The number of nitrogens with one attached hydrogen (secondary N) is 1. The van der Waals surface area contributed by atoms with E-state index in [4.69, 9.17) is 9.47 Å². The van der Waals surface area contributed by atoms with Crippen LogP contribution in [0.2, 0.25) is 0 Å². The number of rotatable bonds is 4. The van der Waals surface area contributed by atoms with Crippen LogP contribution in [0.25, 0.3) is 0 Å². The van der Waals surface area contributed by atoms with Gasteiger partial charge in [-0.05, 0) is 19.4 Å². The van der Waals surface area contributed by atoms with E-state index in [0.29, 0.717) is 30.7 Å². The highest BCUT2D eigenvalue weighted by Gasteiger charge is 2.46. The Morgan fingerprint density at radius 1 is 1.23 bits per heavy atom. The molecule has 0 aliphatic carbocycles. The van der Waals surface area contributed by atoms with E-state index in [0.717, 1.165) is 5.56 Å². The normalized spacial score (nSPS) is 27.3. The second-order valence-electron chi connectivity index (χ2n) is 6.67. The van der Waals surface area contributed by atoms with Crippen molar-refractivity contribution in [3.8, 4) is 5.88 Å². The van der Waals surface area contributed by atoms with Gasteiger partial charge in [0.1, 0.15) is 30.8 Å². The summed E-state index contributed by atoms with van der Waals surface area (Å²) in [5.41, 5.74) is 2.90. The van der Waals surface area contributed by atoms with Gasteiger partial charge in [-0.2, -0.15) is 4.98 Å². The first-order chi connectivity index (χ1) is 12.5. The fraction of sp³-hybridized carbons (Fsp3) is 0.444. The molecule has 3 N–H and O–H groups in total. The van der Waals surface area contributed by atoms with Crippen molar-refractivity contribution in [2.75, 3.05) is 16.9 Å². The molecule has 0 spiro atoms. The summed E-state index contributed by atoms with van der Waals surface area (Å²) in [5, 5.41) is 23.4. The van der Waals surface area contributed by atoms with Gasteiger partial charge in [-0.25, -0.2) is 4.98 Å². The molecule has 4 atom stereocenters. The molecule has 2 aliphatic rings. The zero-order valence-corrected chi connectivity index (χ0v) is 14.7. The lowest BCUT2D eigenvalue weighted by molar-refractivity contribution is 0.0157. The van der Waals surface area contributed by atoms with Gasteiger partial charge >= 0.3 is 0 Å². The molecule has 2 aliphatic heterocycles. The second kappa shape index (κ2) is 6.71. The van der Waals surface area contributed by atoms with E-state index in [9.17, 15) is 10.2 Å². The minimum atomic E-state index is -1.01. The summed E-state index contributed by atoms with van der Waals surface area (Å²) in [7, 11) is 0. The summed E-state index contributed by atoms with van der Waals surface area (Å²) in [4.78, 5) is 10.3. The third-order valence-corrected chi connectivity index (χ3v) is 4.77. The molecule has 1 saturated heterocycles. The smallest absolute Gasteiger partial charge is 0.243 e. The highest BCUT2D eigenvalue weighted by Crippen LogP contribution is 2.39. The number of aromatic nitrogens is 2. The molecule has 8 nitrogen and oxygen atoms in total. The molecule has 2 aromatic rings. The lowest BCUT2D eigenvalue weighted by Gasteiger charge is -2.26. The minimum absolute atomic E-state index is 0.385. The lowest BCUT2D eigenvalue weighted by atomic mass is 10.1. The molecule has 138 valence electrons. The van der Waals surface area contributed by atoms with Gasteiger partial charge in [0.05, 0.1) is 12.8 Å². The van der Waals surface area contributed by atoms with Crippen molar-refractivity contribution in [1.82, 2.24) is 9.97 Å². The number of aryl methyl sites for hydroxylation is 1. The standard InChI is InChI=1S/C18H22N4O4/c1-10-3-5-12(6-4-10)7-25-17-13-16(19-8-20-17)22(9-21-13)18-15(24)14(23)11(2)26-18/h3-6,8,11,14-15,18,21,23-24H,7,9H2,1-2H3/t11-,14-,15-,18-/m1/s1. The molecule has 4 rings (SSSR count). The molecular formula is C18H22N4O4. The zero-order chi connectivity index (χ0) is 18.3. The van der Waals surface area contributed by atoms with Gasteiger partial charge in [0.2, 0.25) is 5.88 Å². The van der Waals surface area contributed by atoms with Crippen LogP contribution in [0.1, 0.15) is 18.1 Å². The van der Waals surface area contributed by atoms with Crippen LogP contribution < -0.4 is 15.0 Å². The topological polar surface area (TPSA) is 100.0 Å². The molecule has 1 aromatic carbocycles. The molecule has 26 heavy (non-hydrogen) atoms. The SMILES string of the molecule is Cc1ccc(COc2ncnc3c2NCN3[C@@H]2O[C@H](C)[C@@H](O)[C@H]2O)cc1. The van der Waals surface area contributed by atoms with Gasteiger partial charge in [0, 0.05) is 0 Å². The highest BCUT2D eigenvalue weighted by molar-refractivity contribution is 5.75. The van der Waals surface area contributed by atoms with Gasteiger partial charge in [0.15, 0.2) is 12.0 Å². The van der Waals surface area contributed by atoms with Crippen molar-refractivity contribution in [3.63, 3.8) is 0 Å². The van der Waals surface area contributed by atoms with E-state index in [1.165, 1.54) is 11.9 Å². The van der Waals surface area contributed by atoms with E-state index in [1.807, 2.05) is 31.2 Å². The van der Waals surface area contributed by atoms with Crippen molar-refractivity contribution in [1.29, 1.82) is 0 Å². The van der Waals surface area contributed by atoms with Crippen LogP contribution in [-0.4, -0.2) is 51.4 Å². The molecule has 3 heterocycles. The van der Waals surface area contributed by atoms with Gasteiger partial charge in [-0.3, -0.25) is 0 Å². The first kappa shape index (κ1) is 17.0. The summed E-state index contributed by atoms with van der Waals surface area (Å²) in [6, 6.07) is 8.10. The molecule has 1 fully saturated rings. The molecule has 0 radical (unpaired) electrons. The maximum absolute atomic E-state index is 10.2. The van der Waals surface area contributed by atoms with Crippen molar-refractivity contribution in [3.05, 3.63) is 41.7 Å². The summed E-state index contributed by atoms with van der Waals surface area (Å²) in [6.07, 6.45) is -1.63. The first-order valence-electron chi connectivity index (χ1n) is 8.60. The number of fused-ring (bicyclic) bond motifs is 1. The molecule has 0 amide bonds. The van der Waals surface area contributed by atoms with Crippen LogP contribution in [0, 0.1) is 6.92 Å². The van der Waals surface area contributed by atoms with Crippen LogP contribution in [0.15, 0.2) is 30.6 Å². The summed E-state index contributed by atoms with van der Waals surface area (Å²) >= 11 is 0. The van der Waals surface area contributed by atoms with E-state index in [1.54, 1.807) is 11.8 Å². The van der Waals surface area contributed by atoms with Crippen molar-refractivity contribution >= 4 is 11.5 Å². The quantitative estimate of drug-likeness (QED) is 0.745. The van der Waals surface area contributed by atoms with Crippen molar-refractivity contribution in [2.24, 2.45) is 0 Å². The first-order valence-corrected chi connectivity index (χ1v) is 8.60. The van der Waals surface area contributed by atoms with E-state index >= 15 is 0 Å². The Hall–Kier alpha value is -2.42. The molecule has 0 unspecified atom stereocenters. The Kier molecular flexibility index (Phi) is 4.39. The zero-order valence-electron chi connectivity index (χ0n) is 14.7. The number of hydrogen-bond acceptors (Lipinski definition) is 8. The Bertz CT molecular complexity index is 785. The third kappa shape index (κ3) is 2.96. The largest absolute Gasteiger partial charge is 0.471 e. The van der Waals surface area contributed by atoms with Crippen LogP contribution in [0.4, 0.5) is 11.5 Å². The van der Waals surface area contributed by atoms with Crippen LogP contribution in [0.3, 0.4) is 0 Å².